The molecule has 0 aromatic heterocycles. The number of ether oxygens (including phenoxy) is 1. The van der Waals surface area contributed by atoms with Crippen molar-refractivity contribution in [3.63, 3.8) is 0 Å². The first-order valence-corrected chi connectivity index (χ1v) is 6.60. The number of amides is 1. The molecular weight excluding hydrogens is 275 g/mol. The van der Waals surface area contributed by atoms with Crippen LogP contribution < -0.4 is 0 Å². The second kappa shape index (κ2) is 5.42. The summed E-state index contributed by atoms with van der Waals surface area (Å²) in [6, 6.07) is 0. The van der Waals surface area contributed by atoms with Crippen LogP contribution in [0, 0.1) is 0 Å². The van der Waals surface area contributed by atoms with Gasteiger partial charge in [0.25, 0.3) is 0 Å². The molecule has 0 bridgehead atoms. The van der Waals surface area contributed by atoms with Gasteiger partial charge in [-0.1, -0.05) is 0 Å². The van der Waals surface area contributed by atoms with Gasteiger partial charge in [0.1, 0.15) is 5.60 Å². The highest BCUT2D eigenvalue weighted by Crippen LogP contribution is 2.37. The Hall–Kier alpha value is -0.980. The molecule has 1 N–H and O–H groups in total. The Labute approximate surface area is 116 Å². The van der Waals surface area contributed by atoms with Crippen molar-refractivity contribution in [1.29, 1.82) is 0 Å². The zero-order valence-electron chi connectivity index (χ0n) is 12.3. The molecule has 0 aliphatic carbocycles. The summed E-state index contributed by atoms with van der Waals surface area (Å²) in [5.74, 6) is 0. The van der Waals surface area contributed by atoms with Gasteiger partial charge in [-0.3, -0.25) is 0 Å². The molecule has 1 fully saturated rings. The minimum Gasteiger partial charge on any atom is -0.444 e. The first-order valence-electron chi connectivity index (χ1n) is 6.60. The van der Waals surface area contributed by atoms with Gasteiger partial charge in [-0.15, -0.1) is 0 Å². The Bertz CT molecular complexity index is 365. The summed E-state index contributed by atoms with van der Waals surface area (Å²) < 4.78 is 42.5. The average molecular weight is 297 g/mol. The van der Waals surface area contributed by atoms with Crippen molar-refractivity contribution in [2.24, 2.45) is 0 Å². The van der Waals surface area contributed by atoms with Crippen LogP contribution >= 0.6 is 0 Å². The summed E-state index contributed by atoms with van der Waals surface area (Å²) >= 11 is 0. The first kappa shape index (κ1) is 17.1. The Morgan fingerprint density at radius 2 is 1.95 bits per heavy atom. The van der Waals surface area contributed by atoms with Crippen molar-refractivity contribution in [3.8, 4) is 0 Å². The first-order chi connectivity index (χ1) is 8.85. The molecule has 1 rings (SSSR count). The molecule has 0 aromatic rings. The third kappa shape index (κ3) is 4.26. The summed E-state index contributed by atoms with van der Waals surface area (Å²) in [5.41, 5.74) is -1.96. The van der Waals surface area contributed by atoms with E-state index < -0.39 is 35.9 Å². The zero-order valence-corrected chi connectivity index (χ0v) is 12.3. The van der Waals surface area contributed by atoms with Crippen molar-refractivity contribution in [1.82, 2.24) is 4.90 Å². The minimum atomic E-state index is -4.47. The molecule has 118 valence electrons. The van der Waals surface area contributed by atoms with E-state index >= 15 is 0 Å². The van der Waals surface area contributed by atoms with E-state index in [1.54, 1.807) is 20.8 Å². The van der Waals surface area contributed by atoms with E-state index in [0.717, 1.165) is 0 Å². The molecule has 1 amide bonds. The molecule has 1 saturated heterocycles. The van der Waals surface area contributed by atoms with Crippen LogP contribution in [0.3, 0.4) is 0 Å². The smallest absolute Gasteiger partial charge is 0.410 e. The number of aliphatic hydroxyl groups is 1. The third-order valence-electron chi connectivity index (χ3n) is 3.44. The summed E-state index contributed by atoms with van der Waals surface area (Å²) in [4.78, 5) is 13.3. The number of carbonyl (C=O) groups is 1. The maximum atomic E-state index is 12.4. The number of halogens is 3. The van der Waals surface area contributed by atoms with Crippen molar-refractivity contribution >= 4 is 6.09 Å². The summed E-state index contributed by atoms with van der Waals surface area (Å²) in [7, 11) is 0. The molecule has 0 unspecified atom stereocenters. The highest BCUT2D eigenvalue weighted by atomic mass is 19.4. The summed E-state index contributed by atoms with van der Waals surface area (Å²) in [6.07, 6.45) is -7.27. The van der Waals surface area contributed by atoms with Crippen LogP contribution in [0.5, 0.6) is 0 Å². The average Bonchev–Trinajstić information content (AvgIpc) is 2.56. The predicted molar refractivity (Wildman–Crippen MR) is 67.3 cm³/mol. The van der Waals surface area contributed by atoms with E-state index in [2.05, 4.69) is 0 Å². The number of hydrogen-bond acceptors (Lipinski definition) is 3. The number of aliphatic hydroxyl groups excluding tert-OH is 1. The molecule has 4 nitrogen and oxygen atoms in total. The molecule has 0 radical (unpaired) electrons. The molecular formula is C13H22F3NO3. The Morgan fingerprint density at radius 3 is 2.40 bits per heavy atom. The molecule has 2 atom stereocenters. The fraction of sp³-hybridized carbons (Fsp3) is 0.923. The van der Waals surface area contributed by atoms with Gasteiger partial charge in [0.2, 0.25) is 0 Å². The van der Waals surface area contributed by atoms with Crippen LogP contribution in [0.25, 0.3) is 0 Å². The van der Waals surface area contributed by atoms with Gasteiger partial charge in [-0.25, -0.2) is 4.79 Å². The van der Waals surface area contributed by atoms with Crippen molar-refractivity contribution in [2.45, 2.75) is 70.4 Å². The number of carbonyl (C=O) groups excluding carboxylic acids is 1. The van der Waals surface area contributed by atoms with Gasteiger partial charge in [0.05, 0.1) is 18.1 Å². The fourth-order valence-corrected chi connectivity index (χ4v) is 2.39. The number of hydrogen-bond donors (Lipinski definition) is 1. The minimum absolute atomic E-state index is 0.292. The monoisotopic (exact) mass is 297 g/mol. The van der Waals surface area contributed by atoms with Crippen molar-refractivity contribution in [2.75, 3.05) is 6.54 Å². The Morgan fingerprint density at radius 1 is 1.40 bits per heavy atom. The zero-order chi connectivity index (χ0) is 15.8. The van der Waals surface area contributed by atoms with E-state index in [1.807, 2.05) is 0 Å². The topological polar surface area (TPSA) is 49.8 Å². The molecule has 0 spiro atoms. The van der Waals surface area contributed by atoms with Crippen LogP contribution in [0.2, 0.25) is 0 Å². The van der Waals surface area contributed by atoms with Gasteiger partial charge < -0.3 is 14.7 Å². The third-order valence-corrected chi connectivity index (χ3v) is 3.44. The molecule has 7 heteroatoms. The lowest BCUT2D eigenvalue weighted by molar-refractivity contribution is -0.167. The van der Waals surface area contributed by atoms with Crippen molar-refractivity contribution in [3.05, 3.63) is 0 Å². The fourth-order valence-electron chi connectivity index (χ4n) is 2.39. The highest BCUT2D eigenvalue weighted by molar-refractivity contribution is 5.69. The summed E-state index contributed by atoms with van der Waals surface area (Å²) in [5, 5.41) is 9.89. The normalized spacial score (nSPS) is 25.7. The van der Waals surface area contributed by atoms with E-state index in [9.17, 15) is 23.1 Å². The maximum Gasteiger partial charge on any atom is 0.410 e. The van der Waals surface area contributed by atoms with Gasteiger partial charge >= 0.3 is 12.3 Å². The van der Waals surface area contributed by atoms with Crippen LogP contribution in [0.1, 0.15) is 47.0 Å². The molecule has 0 aromatic carbocycles. The second-order valence-electron chi connectivity index (χ2n) is 6.43. The molecule has 20 heavy (non-hydrogen) atoms. The number of alkyl halides is 3. The lowest BCUT2D eigenvalue weighted by Crippen LogP contribution is -2.55. The molecule has 1 heterocycles. The van der Waals surface area contributed by atoms with Crippen LogP contribution in [0.4, 0.5) is 18.0 Å². The van der Waals surface area contributed by atoms with Gasteiger partial charge in [-0.05, 0) is 40.5 Å². The molecule has 1 aliphatic heterocycles. The Balaban J connectivity index is 2.84. The number of rotatable bonds is 2. The van der Waals surface area contributed by atoms with Crippen LogP contribution in [-0.2, 0) is 4.74 Å². The van der Waals surface area contributed by atoms with Crippen molar-refractivity contribution < 1.29 is 27.8 Å². The molecule has 0 saturated carbocycles. The number of nitrogens with zero attached hydrogens (tertiary/aromatic N) is 1. The van der Waals surface area contributed by atoms with Gasteiger partial charge in [0, 0.05) is 6.54 Å². The second-order valence-corrected chi connectivity index (χ2v) is 6.43. The lowest BCUT2D eigenvalue weighted by atomic mass is 9.89. The van der Waals surface area contributed by atoms with E-state index in [1.165, 1.54) is 11.8 Å². The Kier molecular flexibility index (Phi) is 4.63. The standard InChI is InChI=1S/C13H22F3NO3/c1-11(2,3)20-10(19)17-7-5-6-12(17,4)9(18)8-13(14,15)16/h9,18H,5-8H2,1-4H3/t9-,12-/m0/s1. The molecule has 1 aliphatic rings. The quantitative estimate of drug-likeness (QED) is 0.852. The van der Waals surface area contributed by atoms with Crippen LogP contribution in [-0.4, -0.2) is 46.1 Å². The SMILES string of the molecule is CC(C)(C)OC(=O)N1CCC[C@@]1(C)[C@@H](O)CC(F)(F)F. The van der Waals surface area contributed by atoms with E-state index in [4.69, 9.17) is 4.74 Å². The van der Waals surface area contributed by atoms with Crippen LogP contribution in [0.15, 0.2) is 0 Å². The van der Waals surface area contributed by atoms with E-state index in [-0.39, 0.29) is 0 Å². The maximum absolute atomic E-state index is 12.4. The van der Waals surface area contributed by atoms with Gasteiger partial charge in [0.15, 0.2) is 0 Å². The van der Waals surface area contributed by atoms with E-state index in [0.29, 0.717) is 19.4 Å². The highest BCUT2D eigenvalue weighted by Gasteiger charge is 2.49. The van der Waals surface area contributed by atoms with Gasteiger partial charge in [-0.2, -0.15) is 13.2 Å². The summed E-state index contributed by atoms with van der Waals surface area (Å²) in [6.45, 7) is 6.82. The number of likely N-dealkylation sites (tertiary alicyclic amines) is 1. The largest absolute Gasteiger partial charge is 0.444 e. The predicted octanol–water partition coefficient (Wildman–Crippen LogP) is 3.09. The lowest BCUT2D eigenvalue weighted by Gasteiger charge is -2.39.